The standard InChI is InChI=1S/C15H18N4O3/c1-10(17-15(21)12-5-4-8-22-12)14(20)18-11-6-7-13(16-9-11)19(2)3/h4-10H,1-3H3,(H,17,21)(H,18,20). The van der Waals surface area contributed by atoms with Crippen molar-refractivity contribution in [3.05, 3.63) is 42.5 Å². The van der Waals surface area contributed by atoms with Crippen molar-refractivity contribution in [3.63, 3.8) is 0 Å². The Balaban J connectivity index is 1.92. The van der Waals surface area contributed by atoms with Crippen LogP contribution in [0.3, 0.4) is 0 Å². The number of hydrogen-bond acceptors (Lipinski definition) is 5. The lowest BCUT2D eigenvalue weighted by atomic mass is 10.2. The third kappa shape index (κ3) is 3.85. The predicted molar refractivity (Wildman–Crippen MR) is 82.8 cm³/mol. The summed E-state index contributed by atoms with van der Waals surface area (Å²) in [6, 6.07) is 5.98. The molecule has 2 aromatic rings. The zero-order valence-electron chi connectivity index (χ0n) is 12.7. The largest absolute Gasteiger partial charge is 0.459 e. The van der Waals surface area contributed by atoms with E-state index in [1.807, 2.05) is 19.0 Å². The molecule has 0 saturated heterocycles. The van der Waals surface area contributed by atoms with E-state index in [0.717, 1.165) is 5.82 Å². The van der Waals surface area contributed by atoms with E-state index in [2.05, 4.69) is 15.6 Å². The maximum absolute atomic E-state index is 12.0. The van der Waals surface area contributed by atoms with Crippen LogP contribution in [0.2, 0.25) is 0 Å². The van der Waals surface area contributed by atoms with E-state index in [0.29, 0.717) is 5.69 Å². The van der Waals surface area contributed by atoms with Crippen LogP contribution in [0.1, 0.15) is 17.5 Å². The van der Waals surface area contributed by atoms with Gasteiger partial charge in [0, 0.05) is 14.1 Å². The van der Waals surface area contributed by atoms with E-state index in [-0.39, 0.29) is 11.7 Å². The molecule has 2 heterocycles. The van der Waals surface area contributed by atoms with E-state index >= 15 is 0 Å². The summed E-state index contributed by atoms with van der Waals surface area (Å²) in [7, 11) is 3.76. The van der Waals surface area contributed by atoms with Gasteiger partial charge in [-0.2, -0.15) is 0 Å². The normalized spacial score (nSPS) is 11.6. The molecule has 7 nitrogen and oxygen atoms in total. The van der Waals surface area contributed by atoms with Gasteiger partial charge in [0.25, 0.3) is 5.91 Å². The number of carbonyl (C=O) groups is 2. The van der Waals surface area contributed by atoms with Gasteiger partial charge in [-0.1, -0.05) is 0 Å². The first-order valence-electron chi connectivity index (χ1n) is 6.76. The molecule has 0 aliphatic carbocycles. The van der Waals surface area contributed by atoms with Crippen molar-refractivity contribution in [1.82, 2.24) is 10.3 Å². The fourth-order valence-electron chi connectivity index (χ4n) is 1.72. The van der Waals surface area contributed by atoms with Gasteiger partial charge >= 0.3 is 0 Å². The Morgan fingerprint density at radius 1 is 1.27 bits per heavy atom. The Hall–Kier alpha value is -2.83. The van der Waals surface area contributed by atoms with E-state index in [4.69, 9.17) is 4.42 Å². The molecule has 7 heteroatoms. The van der Waals surface area contributed by atoms with Gasteiger partial charge in [0.15, 0.2) is 5.76 Å². The zero-order chi connectivity index (χ0) is 16.1. The minimum atomic E-state index is -0.703. The maximum atomic E-state index is 12.0. The fraction of sp³-hybridized carbons (Fsp3) is 0.267. The molecule has 0 aromatic carbocycles. The Bertz CT molecular complexity index is 635. The van der Waals surface area contributed by atoms with Crippen LogP contribution in [0, 0.1) is 0 Å². The van der Waals surface area contributed by atoms with Gasteiger partial charge in [0.05, 0.1) is 18.1 Å². The smallest absolute Gasteiger partial charge is 0.287 e. The van der Waals surface area contributed by atoms with Crippen LogP contribution in [0.4, 0.5) is 11.5 Å². The molecule has 116 valence electrons. The molecular weight excluding hydrogens is 284 g/mol. The van der Waals surface area contributed by atoms with Crippen molar-refractivity contribution in [3.8, 4) is 0 Å². The van der Waals surface area contributed by atoms with Gasteiger partial charge in [-0.25, -0.2) is 4.98 Å². The average molecular weight is 302 g/mol. The first-order valence-corrected chi connectivity index (χ1v) is 6.76. The number of amides is 2. The van der Waals surface area contributed by atoms with Gasteiger partial charge in [-0.3, -0.25) is 9.59 Å². The molecule has 0 aliphatic heterocycles. The second-order valence-corrected chi connectivity index (χ2v) is 4.96. The molecule has 2 N–H and O–H groups in total. The number of aromatic nitrogens is 1. The highest BCUT2D eigenvalue weighted by Crippen LogP contribution is 2.12. The van der Waals surface area contributed by atoms with Crippen LogP contribution in [0.5, 0.6) is 0 Å². The van der Waals surface area contributed by atoms with Crippen LogP contribution >= 0.6 is 0 Å². The van der Waals surface area contributed by atoms with Crippen molar-refractivity contribution in [1.29, 1.82) is 0 Å². The van der Waals surface area contributed by atoms with Crippen molar-refractivity contribution >= 4 is 23.3 Å². The van der Waals surface area contributed by atoms with Crippen LogP contribution in [0.15, 0.2) is 41.1 Å². The van der Waals surface area contributed by atoms with Gasteiger partial charge in [-0.15, -0.1) is 0 Å². The molecule has 1 atom stereocenters. The van der Waals surface area contributed by atoms with Gasteiger partial charge in [0.2, 0.25) is 5.91 Å². The molecule has 2 aromatic heterocycles. The number of hydrogen-bond donors (Lipinski definition) is 2. The van der Waals surface area contributed by atoms with E-state index in [9.17, 15) is 9.59 Å². The highest BCUT2D eigenvalue weighted by atomic mass is 16.3. The van der Waals surface area contributed by atoms with Crippen molar-refractivity contribution < 1.29 is 14.0 Å². The van der Waals surface area contributed by atoms with Gasteiger partial charge in [-0.05, 0) is 31.2 Å². The lowest BCUT2D eigenvalue weighted by Crippen LogP contribution is -2.41. The molecule has 2 amide bonds. The molecule has 0 radical (unpaired) electrons. The number of furan rings is 1. The summed E-state index contributed by atoms with van der Waals surface area (Å²) in [6.45, 7) is 1.60. The maximum Gasteiger partial charge on any atom is 0.287 e. The minimum absolute atomic E-state index is 0.164. The summed E-state index contributed by atoms with van der Waals surface area (Å²) in [5.41, 5.74) is 0.565. The monoisotopic (exact) mass is 302 g/mol. The predicted octanol–water partition coefficient (Wildman–Crippen LogP) is 1.50. The summed E-state index contributed by atoms with van der Waals surface area (Å²) in [5, 5.41) is 5.25. The van der Waals surface area contributed by atoms with E-state index in [1.54, 1.807) is 31.3 Å². The second kappa shape index (κ2) is 6.75. The fourth-order valence-corrected chi connectivity index (χ4v) is 1.72. The topological polar surface area (TPSA) is 87.5 Å². The number of anilines is 2. The summed E-state index contributed by atoms with van der Waals surface area (Å²) in [5.74, 6) is 0.182. The Morgan fingerprint density at radius 2 is 2.05 bits per heavy atom. The highest BCUT2D eigenvalue weighted by molar-refractivity contribution is 5.99. The van der Waals surface area contributed by atoms with Crippen LogP contribution in [-0.4, -0.2) is 36.9 Å². The van der Waals surface area contributed by atoms with Crippen molar-refractivity contribution in [2.24, 2.45) is 0 Å². The lowest BCUT2D eigenvalue weighted by molar-refractivity contribution is -0.117. The summed E-state index contributed by atoms with van der Waals surface area (Å²) >= 11 is 0. The first-order chi connectivity index (χ1) is 10.5. The van der Waals surface area contributed by atoms with Crippen LogP contribution in [0.25, 0.3) is 0 Å². The molecule has 22 heavy (non-hydrogen) atoms. The Labute approximate surface area is 128 Å². The molecule has 2 rings (SSSR count). The number of rotatable bonds is 5. The van der Waals surface area contributed by atoms with E-state index in [1.165, 1.54) is 12.3 Å². The second-order valence-electron chi connectivity index (χ2n) is 4.96. The number of nitrogens with zero attached hydrogens (tertiary/aromatic N) is 2. The number of nitrogens with one attached hydrogen (secondary N) is 2. The molecule has 1 unspecified atom stereocenters. The SMILES string of the molecule is CC(NC(=O)c1ccco1)C(=O)Nc1ccc(N(C)C)nc1. The lowest BCUT2D eigenvalue weighted by Gasteiger charge is -2.14. The molecular formula is C15H18N4O3. The molecule has 0 bridgehead atoms. The zero-order valence-corrected chi connectivity index (χ0v) is 12.7. The van der Waals surface area contributed by atoms with Crippen LogP contribution in [-0.2, 0) is 4.79 Å². The summed E-state index contributed by atoms with van der Waals surface area (Å²) in [4.78, 5) is 29.9. The highest BCUT2D eigenvalue weighted by Gasteiger charge is 2.18. The van der Waals surface area contributed by atoms with Gasteiger partial charge in [0.1, 0.15) is 11.9 Å². The average Bonchev–Trinajstić information content (AvgIpc) is 3.02. The third-order valence-corrected chi connectivity index (χ3v) is 2.96. The Morgan fingerprint density at radius 3 is 2.59 bits per heavy atom. The number of pyridine rings is 1. The van der Waals surface area contributed by atoms with Crippen LogP contribution < -0.4 is 15.5 Å². The summed E-state index contributed by atoms with van der Waals surface area (Å²) in [6.07, 6.45) is 2.96. The van der Waals surface area contributed by atoms with E-state index < -0.39 is 11.9 Å². The molecule has 0 spiro atoms. The minimum Gasteiger partial charge on any atom is -0.459 e. The molecule has 0 fully saturated rings. The third-order valence-electron chi connectivity index (χ3n) is 2.96. The first kappa shape index (κ1) is 15.6. The quantitative estimate of drug-likeness (QED) is 0.874. The molecule has 0 aliphatic rings. The van der Waals surface area contributed by atoms with Crippen molar-refractivity contribution in [2.45, 2.75) is 13.0 Å². The van der Waals surface area contributed by atoms with Gasteiger partial charge < -0.3 is 20.0 Å². The Kier molecular flexibility index (Phi) is 4.77. The molecule has 0 saturated carbocycles. The number of carbonyl (C=O) groups excluding carboxylic acids is 2. The summed E-state index contributed by atoms with van der Waals surface area (Å²) < 4.78 is 4.97. The van der Waals surface area contributed by atoms with Crippen molar-refractivity contribution in [2.75, 3.05) is 24.3 Å².